The third-order valence-corrected chi connectivity index (χ3v) is 2.93. The standard InChI is InChI=1S/C10H11ClO/c11-10-8-4-2-1-3-7(8)5-6-9(10)12/h1-4,9-10,12H,5-6H2/t9-,10-/m0/s1. The van der Waals surface area contributed by atoms with Gasteiger partial charge in [0.1, 0.15) is 0 Å². The van der Waals surface area contributed by atoms with Crippen molar-refractivity contribution in [2.75, 3.05) is 0 Å². The fourth-order valence-corrected chi connectivity index (χ4v) is 2.03. The minimum Gasteiger partial charge on any atom is -0.391 e. The number of rotatable bonds is 0. The van der Waals surface area contributed by atoms with Crippen LogP contribution < -0.4 is 0 Å². The molecule has 0 bridgehead atoms. The van der Waals surface area contributed by atoms with Gasteiger partial charge in [-0.25, -0.2) is 0 Å². The lowest BCUT2D eigenvalue weighted by Gasteiger charge is -2.25. The molecule has 0 heterocycles. The Balaban J connectivity index is 2.42. The van der Waals surface area contributed by atoms with E-state index in [1.807, 2.05) is 18.2 Å². The van der Waals surface area contributed by atoms with Gasteiger partial charge in [-0.1, -0.05) is 24.3 Å². The molecule has 0 spiro atoms. The first-order chi connectivity index (χ1) is 5.79. The summed E-state index contributed by atoms with van der Waals surface area (Å²) in [4.78, 5) is 0. The highest BCUT2D eigenvalue weighted by atomic mass is 35.5. The van der Waals surface area contributed by atoms with Gasteiger partial charge in [0.05, 0.1) is 11.5 Å². The predicted molar refractivity (Wildman–Crippen MR) is 49.4 cm³/mol. The topological polar surface area (TPSA) is 20.2 Å². The van der Waals surface area contributed by atoms with Gasteiger partial charge < -0.3 is 5.11 Å². The molecule has 0 aliphatic heterocycles. The molecule has 0 unspecified atom stereocenters. The van der Waals surface area contributed by atoms with Crippen molar-refractivity contribution < 1.29 is 5.11 Å². The fourth-order valence-electron chi connectivity index (χ4n) is 1.69. The maximum absolute atomic E-state index is 9.49. The lowest BCUT2D eigenvalue weighted by molar-refractivity contribution is 0.153. The lowest BCUT2D eigenvalue weighted by Crippen LogP contribution is -2.21. The molecule has 0 saturated heterocycles. The summed E-state index contributed by atoms with van der Waals surface area (Å²) >= 11 is 6.05. The molecular weight excluding hydrogens is 172 g/mol. The van der Waals surface area contributed by atoms with Crippen molar-refractivity contribution in [2.45, 2.75) is 24.3 Å². The summed E-state index contributed by atoms with van der Waals surface area (Å²) in [5.74, 6) is 0. The molecular formula is C10H11ClO. The number of halogens is 1. The number of aliphatic hydroxyl groups is 1. The molecule has 1 nitrogen and oxygen atoms in total. The van der Waals surface area contributed by atoms with Crippen molar-refractivity contribution >= 4 is 11.6 Å². The number of hydrogen-bond acceptors (Lipinski definition) is 1. The number of aliphatic hydroxyl groups excluding tert-OH is 1. The van der Waals surface area contributed by atoms with Crippen molar-refractivity contribution in [2.24, 2.45) is 0 Å². The Bertz CT molecular complexity index is 285. The largest absolute Gasteiger partial charge is 0.391 e. The van der Waals surface area contributed by atoms with Gasteiger partial charge >= 0.3 is 0 Å². The highest BCUT2D eigenvalue weighted by Crippen LogP contribution is 2.34. The molecule has 0 saturated carbocycles. The van der Waals surface area contributed by atoms with Crippen LogP contribution in [0, 0.1) is 0 Å². The van der Waals surface area contributed by atoms with Gasteiger partial charge in [-0.3, -0.25) is 0 Å². The molecule has 64 valence electrons. The molecule has 2 atom stereocenters. The van der Waals surface area contributed by atoms with Crippen LogP contribution in [0.5, 0.6) is 0 Å². The maximum Gasteiger partial charge on any atom is 0.0847 e. The molecule has 1 aromatic carbocycles. The molecule has 1 N–H and O–H groups in total. The molecule has 1 aliphatic carbocycles. The minimum absolute atomic E-state index is 0.213. The van der Waals surface area contributed by atoms with Crippen molar-refractivity contribution in [3.8, 4) is 0 Å². The van der Waals surface area contributed by atoms with Crippen molar-refractivity contribution in [1.29, 1.82) is 0 Å². The second-order valence-corrected chi connectivity index (χ2v) is 3.68. The van der Waals surface area contributed by atoms with E-state index in [1.54, 1.807) is 0 Å². The van der Waals surface area contributed by atoms with E-state index in [-0.39, 0.29) is 11.5 Å². The first-order valence-electron chi connectivity index (χ1n) is 4.19. The SMILES string of the molecule is O[C@H]1CCc2ccccc2[C@@H]1Cl. The zero-order chi connectivity index (χ0) is 8.55. The first-order valence-corrected chi connectivity index (χ1v) is 4.62. The van der Waals surface area contributed by atoms with Crippen LogP contribution in [-0.4, -0.2) is 11.2 Å². The summed E-state index contributed by atoms with van der Waals surface area (Å²) in [6, 6.07) is 8.05. The number of aryl methyl sites for hydroxylation is 1. The lowest BCUT2D eigenvalue weighted by atomic mass is 9.89. The van der Waals surface area contributed by atoms with Crippen molar-refractivity contribution in [3.63, 3.8) is 0 Å². The van der Waals surface area contributed by atoms with Gasteiger partial charge in [-0.2, -0.15) is 0 Å². The van der Waals surface area contributed by atoms with Crippen molar-refractivity contribution in [1.82, 2.24) is 0 Å². The highest BCUT2D eigenvalue weighted by Gasteiger charge is 2.25. The first kappa shape index (κ1) is 8.09. The average Bonchev–Trinajstić information content (AvgIpc) is 2.12. The Labute approximate surface area is 77.0 Å². The minimum atomic E-state index is -0.374. The van der Waals surface area contributed by atoms with E-state index in [1.165, 1.54) is 5.56 Å². The second-order valence-electron chi connectivity index (χ2n) is 3.21. The Hall–Kier alpha value is -0.530. The molecule has 1 aromatic rings. The second kappa shape index (κ2) is 3.08. The summed E-state index contributed by atoms with van der Waals surface area (Å²) in [6.45, 7) is 0. The van der Waals surface area contributed by atoms with E-state index >= 15 is 0 Å². The van der Waals surface area contributed by atoms with Gasteiger partial charge in [-0.15, -0.1) is 11.6 Å². The summed E-state index contributed by atoms with van der Waals surface area (Å²) < 4.78 is 0. The Kier molecular flexibility index (Phi) is 2.07. The molecule has 12 heavy (non-hydrogen) atoms. The maximum atomic E-state index is 9.49. The van der Waals surface area contributed by atoms with Crippen LogP contribution >= 0.6 is 11.6 Å². The fraction of sp³-hybridized carbons (Fsp3) is 0.400. The molecule has 0 amide bonds. The quantitative estimate of drug-likeness (QED) is 0.611. The molecule has 0 aromatic heterocycles. The predicted octanol–water partition coefficient (Wildman–Crippen LogP) is 2.27. The summed E-state index contributed by atoms with van der Waals surface area (Å²) in [6.07, 6.45) is 1.35. The molecule has 1 aliphatic rings. The van der Waals surface area contributed by atoms with Crippen LogP contribution in [0.25, 0.3) is 0 Å². The Morgan fingerprint density at radius 2 is 2.08 bits per heavy atom. The highest BCUT2D eigenvalue weighted by molar-refractivity contribution is 6.21. The molecule has 0 fully saturated rings. The van der Waals surface area contributed by atoms with Crippen LogP contribution in [0.2, 0.25) is 0 Å². The van der Waals surface area contributed by atoms with Crippen molar-refractivity contribution in [3.05, 3.63) is 35.4 Å². The van der Waals surface area contributed by atoms with Gasteiger partial charge in [0, 0.05) is 0 Å². The molecule has 2 rings (SSSR count). The molecule has 2 heteroatoms. The number of alkyl halides is 1. The zero-order valence-corrected chi connectivity index (χ0v) is 7.46. The van der Waals surface area contributed by atoms with Gasteiger partial charge in [0.2, 0.25) is 0 Å². The summed E-state index contributed by atoms with van der Waals surface area (Å²) in [5.41, 5.74) is 2.38. The monoisotopic (exact) mass is 182 g/mol. The Morgan fingerprint density at radius 3 is 2.92 bits per heavy atom. The summed E-state index contributed by atoms with van der Waals surface area (Å²) in [5, 5.41) is 9.28. The third kappa shape index (κ3) is 1.23. The van der Waals surface area contributed by atoms with E-state index in [0.717, 1.165) is 18.4 Å². The van der Waals surface area contributed by atoms with Gasteiger partial charge in [0.25, 0.3) is 0 Å². The third-order valence-electron chi connectivity index (χ3n) is 2.40. The number of benzene rings is 1. The zero-order valence-electron chi connectivity index (χ0n) is 6.70. The number of hydrogen-bond donors (Lipinski definition) is 1. The summed E-state index contributed by atoms with van der Waals surface area (Å²) in [7, 11) is 0. The Morgan fingerprint density at radius 1 is 1.33 bits per heavy atom. The van der Waals surface area contributed by atoms with Crippen LogP contribution in [0.15, 0.2) is 24.3 Å². The van der Waals surface area contributed by atoms with Crippen LogP contribution in [0.3, 0.4) is 0 Å². The van der Waals surface area contributed by atoms with E-state index in [9.17, 15) is 5.11 Å². The van der Waals surface area contributed by atoms with Crippen LogP contribution in [0.1, 0.15) is 22.9 Å². The average molecular weight is 183 g/mol. The molecule has 0 radical (unpaired) electrons. The van der Waals surface area contributed by atoms with E-state index < -0.39 is 0 Å². The van der Waals surface area contributed by atoms with E-state index in [4.69, 9.17) is 11.6 Å². The van der Waals surface area contributed by atoms with E-state index in [0.29, 0.717) is 0 Å². The normalized spacial score (nSPS) is 28.2. The van der Waals surface area contributed by atoms with E-state index in [2.05, 4.69) is 6.07 Å². The van der Waals surface area contributed by atoms with Gasteiger partial charge in [0.15, 0.2) is 0 Å². The number of fused-ring (bicyclic) bond motifs is 1. The smallest absolute Gasteiger partial charge is 0.0847 e. The van der Waals surface area contributed by atoms with Crippen LogP contribution in [-0.2, 0) is 6.42 Å². The van der Waals surface area contributed by atoms with Crippen LogP contribution in [0.4, 0.5) is 0 Å². The van der Waals surface area contributed by atoms with Gasteiger partial charge in [-0.05, 0) is 24.0 Å².